The Hall–Kier alpha value is -1.10. The molecule has 1 aromatic rings. The monoisotopic (exact) mass is 240 g/mol. The molecule has 0 unspecified atom stereocenters. The van der Waals surface area contributed by atoms with E-state index >= 15 is 0 Å². The molecule has 3 N–H and O–H groups in total. The molecule has 1 saturated carbocycles. The quantitative estimate of drug-likeness (QED) is 0.848. The molecule has 0 bridgehead atoms. The molecule has 0 atom stereocenters. The summed E-state index contributed by atoms with van der Waals surface area (Å²) in [6.07, 6.45) is 7.29. The number of carboxylic acid groups (broad SMARTS) is 1. The van der Waals surface area contributed by atoms with Crippen LogP contribution in [0.25, 0.3) is 0 Å². The minimum absolute atomic E-state index is 0.0198. The Morgan fingerprint density at radius 2 is 2.19 bits per heavy atom. The van der Waals surface area contributed by atoms with Crippen molar-refractivity contribution >= 4 is 22.3 Å². The molecule has 0 radical (unpaired) electrons. The van der Waals surface area contributed by atoms with E-state index in [-0.39, 0.29) is 5.69 Å². The van der Waals surface area contributed by atoms with Crippen LogP contribution in [0.15, 0.2) is 0 Å². The molecule has 16 heavy (non-hydrogen) atoms. The Kier molecular flexibility index (Phi) is 3.43. The highest BCUT2D eigenvalue weighted by Gasteiger charge is 2.18. The van der Waals surface area contributed by atoms with Crippen LogP contribution in [0.4, 0.5) is 5.00 Å². The Balaban J connectivity index is 1.94. The van der Waals surface area contributed by atoms with Gasteiger partial charge in [0.05, 0.1) is 5.01 Å². The van der Waals surface area contributed by atoms with Crippen LogP contribution in [0.1, 0.15) is 47.6 Å². The van der Waals surface area contributed by atoms with Crippen molar-refractivity contribution < 1.29 is 9.90 Å². The van der Waals surface area contributed by atoms with E-state index in [1.807, 2.05) is 0 Å². The molecule has 5 heteroatoms. The molecular weight excluding hydrogens is 224 g/mol. The predicted octanol–water partition coefficient (Wildman–Crippen LogP) is 2.55. The molecule has 0 spiro atoms. The van der Waals surface area contributed by atoms with E-state index in [0.29, 0.717) is 5.00 Å². The van der Waals surface area contributed by atoms with Gasteiger partial charge in [0.1, 0.15) is 5.00 Å². The number of aryl methyl sites for hydroxylation is 1. The minimum atomic E-state index is -1.03. The standard InChI is InChI=1S/C11H16N2O2S/c12-10-9(11(14)15)13-8(16-10)6-5-7-3-1-2-4-7/h7H,1-6,12H2,(H,14,15). The number of hydrogen-bond donors (Lipinski definition) is 2. The van der Waals surface area contributed by atoms with Crippen molar-refractivity contribution in [3.8, 4) is 0 Å². The van der Waals surface area contributed by atoms with E-state index < -0.39 is 5.97 Å². The summed E-state index contributed by atoms with van der Waals surface area (Å²) in [6, 6.07) is 0. The van der Waals surface area contributed by atoms with Crippen molar-refractivity contribution in [3.63, 3.8) is 0 Å². The zero-order valence-electron chi connectivity index (χ0n) is 9.11. The van der Waals surface area contributed by atoms with Crippen molar-refractivity contribution in [1.29, 1.82) is 0 Å². The van der Waals surface area contributed by atoms with Crippen LogP contribution in [0, 0.1) is 5.92 Å². The maximum Gasteiger partial charge on any atom is 0.357 e. The number of aromatic carboxylic acids is 1. The van der Waals surface area contributed by atoms with E-state index in [0.717, 1.165) is 23.8 Å². The topological polar surface area (TPSA) is 76.2 Å². The average molecular weight is 240 g/mol. The van der Waals surface area contributed by atoms with Crippen LogP contribution in [0.5, 0.6) is 0 Å². The number of carbonyl (C=O) groups is 1. The number of hydrogen-bond acceptors (Lipinski definition) is 4. The summed E-state index contributed by atoms with van der Waals surface area (Å²) in [6.45, 7) is 0. The van der Waals surface area contributed by atoms with Gasteiger partial charge in [0, 0.05) is 0 Å². The minimum Gasteiger partial charge on any atom is -0.476 e. The van der Waals surface area contributed by atoms with Gasteiger partial charge in [0.25, 0.3) is 0 Å². The summed E-state index contributed by atoms with van der Waals surface area (Å²) < 4.78 is 0. The van der Waals surface area contributed by atoms with E-state index in [1.165, 1.54) is 37.0 Å². The van der Waals surface area contributed by atoms with Gasteiger partial charge in [-0.1, -0.05) is 25.7 Å². The van der Waals surface area contributed by atoms with Crippen molar-refractivity contribution in [2.75, 3.05) is 5.73 Å². The van der Waals surface area contributed by atoms with Gasteiger partial charge in [-0.2, -0.15) is 0 Å². The molecule has 4 nitrogen and oxygen atoms in total. The van der Waals surface area contributed by atoms with Crippen LogP contribution < -0.4 is 5.73 Å². The van der Waals surface area contributed by atoms with Gasteiger partial charge in [-0.05, 0) is 18.8 Å². The van der Waals surface area contributed by atoms with Crippen molar-refractivity contribution in [2.45, 2.75) is 38.5 Å². The predicted molar refractivity (Wildman–Crippen MR) is 63.8 cm³/mol. The molecule has 1 aromatic heterocycles. The van der Waals surface area contributed by atoms with E-state index in [4.69, 9.17) is 10.8 Å². The SMILES string of the molecule is Nc1sc(CCC2CCCC2)nc1C(=O)O. The number of thiazole rings is 1. The number of rotatable bonds is 4. The summed E-state index contributed by atoms with van der Waals surface area (Å²) in [5, 5.41) is 10.0. The van der Waals surface area contributed by atoms with Crippen LogP contribution >= 0.6 is 11.3 Å². The number of carboxylic acids is 1. The number of nitrogen functional groups attached to an aromatic ring is 1. The molecule has 88 valence electrons. The van der Waals surface area contributed by atoms with Gasteiger partial charge < -0.3 is 10.8 Å². The van der Waals surface area contributed by atoms with Gasteiger partial charge >= 0.3 is 5.97 Å². The van der Waals surface area contributed by atoms with Gasteiger partial charge in [-0.25, -0.2) is 9.78 Å². The Labute approximate surface area is 98.5 Å². The van der Waals surface area contributed by atoms with E-state index in [9.17, 15) is 4.79 Å². The molecule has 2 rings (SSSR count). The van der Waals surface area contributed by atoms with Gasteiger partial charge in [-0.15, -0.1) is 11.3 Å². The molecule has 0 saturated heterocycles. The Bertz CT molecular complexity index is 383. The summed E-state index contributed by atoms with van der Waals surface area (Å²) in [4.78, 5) is 14.8. The molecule has 1 heterocycles. The fourth-order valence-electron chi connectivity index (χ4n) is 2.26. The summed E-state index contributed by atoms with van der Waals surface area (Å²) >= 11 is 1.31. The van der Waals surface area contributed by atoms with Crippen molar-refractivity contribution in [2.24, 2.45) is 5.92 Å². The smallest absolute Gasteiger partial charge is 0.357 e. The van der Waals surface area contributed by atoms with Gasteiger partial charge in [-0.3, -0.25) is 0 Å². The highest BCUT2D eigenvalue weighted by molar-refractivity contribution is 7.15. The third-order valence-electron chi connectivity index (χ3n) is 3.14. The lowest BCUT2D eigenvalue weighted by Gasteiger charge is -2.05. The number of nitrogens with two attached hydrogens (primary N) is 1. The van der Waals surface area contributed by atoms with Crippen LogP contribution in [-0.2, 0) is 6.42 Å². The number of anilines is 1. The Morgan fingerprint density at radius 3 is 2.75 bits per heavy atom. The lowest BCUT2D eigenvalue weighted by Crippen LogP contribution is -2.01. The summed E-state index contributed by atoms with van der Waals surface area (Å²) in [7, 11) is 0. The van der Waals surface area contributed by atoms with E-state index in [1.54, 1.807) is 0 Å². The summed E-state index contributed by atoms with van der Waals surface area (Å²) in [5.41, 5.74) is 5.62. The highest BCUT2D eigenvalue weighted by Crippen LogP contribution is 2.30. The van der Waals surface area contributed by atoms with Crippen LogP contribution in [-0.4, -0.2) is 16.1 Å². The van der Waals surface area contributed by atoms with Gasteiger partial charge in [0.15, 0.2) is 5.69 Å². The maximum atomic E-state index is 10.8. The van der Waals surface area contributed by atoms with Crippen LogP contribution in [0.3, 0.4) is 0 Å². The molecule has 0 amide bonds. The molecule has 0 aromatic carbocycles. The lowest BCUT2D eigenvalue weighted by atomic mass is 10.0. The first-order chi connectivity index (χ1) is 7.66. The highest BCUT2D eigenvalue weighted by atomic mass is 32.1. The van der Waals surface area contributed by atoms with Gasteiger partial charge in [0.2, 0.25) is 0 Å². The average Bonchev–Trinajstić information content (AvgIpc) is 2.83. The molecule has 1 fully saturated rings. The molecule has 0 aliphatic heterocycles. The summed E-state index contributed by atoms with van der Waals surface area (Å²) in [5.74, 6) is -0.223. The first kappa shape index (κ1) is 11.4. The normalized spacial score (nSPS) is 16.8. The van der Waals surface area contributed by atoms with E-state index in [2.05, 4.69) is 4.98 Å². The fourth-order valence-corrected chi connectivity index (χ4v) is 3.10. The van der Waals surface area contributed by atoms with Crippen LogP contribution in [0.2, 0.25) is 0 Å². The maximum absolute atomic E-state index is 10.8. The second kappa shape index (κ2) is 4.82. The number of aromatic nitrogens is 1. The Morgan fingerprint density at radius 1 is 1.50 bits per heavy atom. The largest absolute Gasteiger partial charge is 0.476 e. The first-order valence-electron chi connectivity index (χ1n) is 5.65. The zero-order valence-corrected chi connectivity index (χ0v) is 9.92. The lowest BCUT2D eigenvalue weighted by molar-refractivity contribution is 0.0692. The zero-order chi connectivity index (χ0) is 11.5. The second-order valence-electron chi connectivity index (χ2n) is 4.31. The first-order valence-corrected chi connectivity index (χ1v) is 6.47. The molecule has 1 aliphatic carbocycles. The fraction of sp³-hybridized carbons (Fsp3) is 0.636. The van der Waals surface area contributed by atoms with Crippen molar-refractivity contribution in [3.05, 3.63) is 10.7 Å². The molecule has 1 aliphatic rings. The third kappa shape index (κ3) is 2.52. The van der Waals surface area contributed by atoms with Crippen molar-refractivity contribution in [1.82, 2.24) is 4.98 Å². The third-order valence-corrected chi connectivity index (χ3v) is 4.09. The molecular formula is C11H16N2O2S. The second-order valence-corrected chi connectivity index (χ2v) is 5.43. The number of nitrogens with zero attached hydrogens (tertiary/aromatic N) is 1.